The van der Waals surface area contributed by atoms with Crippen molar-refractivity contribution in [1.29, 1.82) is 0 Å². The molecule has 172 valence electrons. The van der Waals surface area contributed by atoms with E-state index in [2.05, 4.69) is 73.0 Å². The van der Waals surface area contributed by atoms with E-state index >= 15 is 0 Å². The Bertz CT molecular complexity index is 1090. The van der Waals surface area contributed by atoms with Gasteiger partial charge in [0, 0.05) is 37.3 Å². The van der Waals surface area contributed by atoms with Crippen LogP contribution in [0.1, 0.15) is 59.4 Å². The molecule has 4 heteroatoms. The van der Waals surface area contributed by atoms with E-state index in [9.17, 15) is 9.90 Å². The van der Waals surface area contributed by atoms with Gasteiger partial charge in [0.2, 0.25) is 0 Å². The first-order valence-corrected chi connectivity index (χ1v) is 11.8. The number of hydrogen-bond donors (Lipinski definition) is 1. The van der Waals surface area contributed by atoms with Crippen molar-refractivity contribution in [2.24, 2.45) is 0 Å². The second kappa shape index (κ2) is 9.90. The van der Waals surface area contributed by atoms with E-state index in [0.717, 1.165) is 36.3 Å². The van der Waals surface area contributed by atoms with Crippen molar-refractivity contribution in [3.8, 4) is 5.75 Å². The number of hydrogen-bond acceptors (Lipinski definition) is 4. The molecule has 0 aromatic heterocycles. The molecule has 3 atom stereocenters. The van der Waals surface area contributed by atoms with Crippen molar-refractivity contribution in [2.45, 2.75) is 52.4 Å². The molecule has 0 unspecified atom stereocenters. The average molecular weight is 443 g/mol. The number of Topliss-reactive ketones (excluding diaryl/α,β-unsaturated/α-hetero) is 1. The molecule has 4 rings (SSSR count). The van der Waals surface area contributed by atoms with Crippen LogP contribution < -0.4 is 0 Å². The Morgan fingerprint density at radius 3 is 2.27 bits per heavy atom. The normalized spacial score (nSPS) is 20.5. The number of carbonyl (C=O) groups excluding carboxylic acids is 1. The van der Waals surface area contributed by atoms with Crippen LogP contribution in [-0.4, -0.2) is 45.9 Å². The summed E-state index contributed by atoms with van der Waals surface area (Å²) in [7, 11) is 0. The summed E-state index contributed by atoms with van der Waals surface area (Å²) in [6.45, 7) is 11.1. The third-order valence-electron chi connectivity index (χ3n) is 6.82. The van der Waals surface area contributed by atoms with Gasteiger partial charge in [-0.15, -0.1) is 0 Å². The Morgan fingerprint density at radius 1 is 0.939 bits per heavy atom. The molecule has 3 aromatic rings. The number of rotatable bonds is 6. The predicted octanol–water partition coefficient (Wildman–Crippen LogP) is 5.59. The number of nitrogens with zero attached hydrogens (tertiary/aromatic N) is 2. The second-order valence-corrected chi connectivity index (χ2v) is 9.49. The zero-order valence-corrected chi connectivity index (χ0v) is 20.0. The molecule has 1 N–H and O–H groups in total. The van der Waals surface area contributed by atoms with Crippen LogP contribution in [0.3, 0.4) is 0 Å². The maximum Gasteiger partial charge on any atom is 0.159 e. The number of aromatic hydroxyl groups is 1. The molecule has 0 saturated carbocycles. The highest BCUT2D eigenvalue weighted by molar-refractivity contribution is 5.94. The number of phenolic OH excluding ortho intramolecular Hbond substituents is 1. The fourth-order valence-electron chi connectivity index (χ4n) is 4.90. The third kappa shape index (κ3) is 5.35. The minimum Gasteiger partial charge on any atom is -0.508 e. The SMILES string of the molecule is CC(=O)c1ccc([C@H](c2cccc(O)c2)N2C[C@@H](C)N(Cc3ccc(C)cc3)C[C@@H]2C)cc1. The van der Waals surface area contributed by atoms with Crippen LogP contribution in [0.25, 0.3) is 0 Å². The van der Waals surface area contributed by atoms with Gasteiger partial charge < -0.3 is 5.11 Å². The largest absolute Gasteiger partial charge is 0.508 e. The lowest BCUT2D eigenvalue weighted by atomic mass is 9.92. The highest BCUT2D eigenvalue weighted by Gasteiger charge is 2.35. The lowest BCUT2D eigenvalue weighted by Gasteiger charge is -2.47. The fraction of sp³-hybridized carbons (Fsp3) is 0.345. The summed E-state index contributed by atoms with van der Waals surface area (Å²) in [6.07, 6.45) is 0. The van der Waals surface area contributed by atoms with Gasteiger partial charge in [0.25, 0.3) is 0 Å². The second-order valence-electron chi connectivity index (χ2n) is 9.49. The molecule has 1 fully saturated rings. The Labute approximate surface area is 197 Å². The average Bonchev–Trinajstić information content (AvgIpc) is 2.79. The van der Waals surface area contributed by atoms with E-state index in [1.165, 1.54) is 11.1 Å². The van der Waals surface area contributed by atoms with Gasteiger partial charge in [0.05, 0.1) is 6.04 Å². The molecule has 0 amide bonds. The van der Waals surface area contributed by atoms with Gasteiger partial charge in [-0.1, -0.05) is 66.2 Å². The third-order valence-corrected chi connectivity index (χ3v) is 6.82. The summed E-state index contributed by atoms with van der Waals surface area (Å²) in [5.74, 6) is 0.346. The Kier molecular flexibility index (Phi) is 6.96. The van der Waals surface area contributed by atoms with Gasteiger partial charge in [0.1, 0.15) is 5.75 Å². The molecule has 0 aliphatic carbocycles. The molecular weight excluding hydrogens is 408 g/mol. The van der Waals surface area contributed by atoms with E-state index in [1.54, 1.807) is 13.0 Å². The highest BCUT2D eigenvalue weighted by Crippen LogP contribution is 2.35. The molecule has 0 spiro atoms. The van der Waals surface area contributed by atoms with Crippen LogP contribution in [-0.2, 0) is 6.54 Å². The topological polar surface area (TPSA) is 43.8 Å². The Morgan fingerprint density at radius 2 is 1.64 bits per heavy atom. The minimum atomic E-state index is 0.0112. The fourth-order valence-corrected chi connectivity index (χ4v) is 4.90. The van der Waals surface area contributed by atoms with Gasteiger partial charge in [-0.2, -0.15) is 0 Å². The van der Waals surface area contributed by atoms with Crippen molar-refractivity contribution < 1.29 is 9.90 Å². The van der Waals surface area contributed by atoms with Crippen LogP contribution in [0.2, 0.25) is 0 Å². The molecule has 33 heavy (non-hydrogen) atoms. The molecule has 1 heterocycles. The van der Waals surface area contributed by atoms with E-state index in [-0.39, 0.29) is 17.6 Å². The number of piperazine rings is 1. The van der Waals surface area contributed by atoms with Gasteiger partial charge in [-0.3, -0.25) is 14.6 Å². The lowest BCUT2D eigenvalue weighted by Crippen LogP contribution is -2.56. The maximum absolute atomic E-state index is 11.8. The van der Waals surface area contributed by atoms with E-state index < -0.39 is 0 Å². The molecular formula is C29H34N2O2. The molecule has 0 radical (unpaired) electrons. The number of benzene rings is 3. The van der Waals surface area contributed by atoms with E-state index in [4.69, 9.17) is 0 Å². The quantitative estimate of drug-likeness (QED) is 0.506. The summed E-state index contributed by atoms with van der Waals surface area (Å²) in [5.41, 5.74) is 5.55. The van der Waals surface area contributed by atoms with Crippen LogP contribution >= 0.6 is 0 Å². The summed E-state index contributed by atoms with van der Waals surface area (Å²) in [5, 5.41) is 10.2. The molecule has 3 aromatic carbocycles. The maximum atomic E-state index is 11.8. The molecule has 1 aliphatic rings. The van der Waals surface area contributed by atoms with Crippen molar-refractivity contribution >= 4 is 5.78 Å². The number of phenols is 1. The van der Waals surface area contributed by atoms with Crippen LogP contribution in [0, 0.1) is 6.92 Å². The molecule has 4 nitrogen and oxygen atoms in total. The molecule has 0 bridgehead atoms. The summed E-state index contributed by atoms with van der Waals surface area (Å²) >= 11 is 0. The van der Waals surface area contributed by atoms with E-state index in [1.807, 2.05) is 24.3 Å². The predicted molar refractivity (Wildman–Crippen MR) is 134 cm³/mol. The lowest BCUT2D eigenvalue weighted by molar-refractivity contribution is 0.0195. The van der Waals surface area contributed by atoms with Crippen molar-refractivity contribution in [3.63, 3.8) is 0 Å². The van der Waals surface area contributed by atoms with Gasteiger partial charge in [-0.05, 0) is 56.5 Å². The Balaban J connectivity index is 1.61. The summed E-state index contributed by atoms with van der Waals surface area (Å²) in [4.78, 5) is 16.9. The summed E-state index contributed by atoms with van der Waals surface area (Å²) in [6, 6.07) is 25.0. The standard InChI is InChI=1S/C29H34N2O2/c1-20-8-10-24(11-9-20)19-30-17-22(3)31(18-21(30)2)29(27-6-5-7-28(33)16-27)26-14-12-25(13-15-26)23(4)32/h5-16,21-22,29,33H,17-19H2,1-4H3/t21-,22+,29-/m1/s1. The first-order chi connectivity index (χ1) is 15.8. The number of aryl methyl sites for hydroxylation is 1. The van der Waals surface area contributed by atoms with Crippen molar-refractivity contribution in [3.05, 3.63) is 101 Å². The molecule has 1 aliphatic heterocycles. The smallest absolute Gasteiger partial charge is 0.159 e. The first kappa shape index (κ1) is 23.2. The molecule has 1 saturated heterocycles. The number of carbonyl (C=O) groups is 1. The Hall–Kier alpha value is -2.95. The van der Waals surface area contributed by atoms with Gasteiger partial charge >= 0.3 is 0 Å². The highest BCUT2D eigenvalue weighted by atomic mass is 16.3. The van der Waals surface area contributed by atoms with E-state index in [0.29, 0.717) is 12.1 Å². The van der Waals surface area contributed by atoms with Crippen molar-refractivity contribution in [2.75, 3.05) is 13.1 Å². The van der Waals surface area contributed by atoms with Crippen molar-refractivity contribution in [1.82, 2.24) is 9.80 Å². The first-order valence-electron chi connectivity index (χ1n) is 11.8. The zero-order valence-electron chi connectivity index (χ0n) is 20.0. The van der Waals surface area contributed by atoms with Gasteiger partial charge in [-0.25, -0.2) is 0 Å². The summed E-state index contributed by atoms with van der Waals surface area (Å²) < 4.78 is 0. The van der Waals surface area contributed by atoms with Crippen LogP contribution in [0.15, 0.2) is 72.8 Å². The van der Waals surface area contributed by atoms with Gasteiger partial charge in [0.15, 0.2) is 5.78 Å². The van der Waals surface area contributed by atoms with Crippen LogP contribution in [0.5, 0.6) is 5.75 Å². The number of ketones is 1. The minimum absolute atomic E-state index is 0.0112. The van der Waals surface area contributed by atoms with Crippen LogP contribution in [0.4, 0.5) is 0 Å². The zero-order chi connectivity index (χ0) is 23.5. The monoisotopic (exact) mass is 442 g/mol.